The molecule has 0 spiro atoms. The molecule has 1 N–H and O–H groups in total. The number of nitrogens with one attached hydrogen (secondary N) is 1. The average Bonchev–Trinajstić information content (AvgIpc) is 2.49. The average molecular weight is 406 g/mol. The topological polar surface area (TPSA) is 78.7 Å². The smallest absolute Gasteiger partial charge is 0.292 e. The Balaban J connectivity index is 2.99. The van der Waals surface area contributed by atoms with Crippen LogP contribution in [0.1, 0.15) is 16.8 Å². The third-order valence-corrected chi connectivity index (χ3v) is 3.92. The Morgan fingerprint density at radius 2 is 1.96 bits per heavy atom. The van der Waals surface area contributed by atoms with Crippen molar-refractivity contribution >= 4 is 15.9 Å². The third kappa shape index (κ3) is 2.99. The van der Waals surface area contributed by atoms with Crippen LogP contribution in [0.15, 0.2) is 21.7 Å². The lowest BCUT2D eigenvalue weighted by atomic mass is 9.98. The van der Waals surface area contributed by atoms with Crippen molar-refractivity contribution in [2.24, 2.45) is 7.05 Å². The number of aromatic amines is 1. The van der Waals surface area contributed by atoms with E-state index in [1.54, 1.807) is 11.1 Å². The number of alkyl halides is 4. The van der Waals surface area contributed by atoms with Crippen molar-refractivity contribution in [3.8, 4) is 17.2 Å². The van der Waals surface area contributed by atoms with Crippen molar-refractivity contribution < 1.29 is 17.6 Å². The van der Waals surface area contributed by atoms with Gasteiger partial charge in [-0.1, -0.05) is 15.9 Å². The minimum absolute atomic E-state index is 0.0637. The Morgan fingerprint density at radius 3 is 2.46 bits per heavy atom. The van der Waals surface area contributed by atoms with Gasteiger partial charge < -0.3 is 0 Å². The van der Waals surface area contributed by atoms with Gasteiger partial charge in [-0.05, 0) is 17.7 Å². The number of nitriles is 1. The number of H-pyrrole nitrogens is 1. The molecule has 0 radical (unpaired) electrons. The van der Waals surface area contributed by atoms with E-state index in [0.717, 1.165) is 19.2 Å². The second kappa shape index (κ2) is 6.24. The summed E-state index contributed by atoms with van der Waals surface area (Å²) in [6, 6.07) is 3.44. The summed E-state index contributed by atoms with van der Waals surface area (Å²) in [7, 11) is 0.817. The maximum atomic E-state index is 14.2. The number of halogens is 5. The van der Waals surface area contributed by atoms with Crippen LogP contribution < -0.4 is 11.2 Å². The lowest BCUT2D eigenvalue weighted by Crippen LogP contribution is -2.35. The Kier molecular flexibility index (Phi) is 4.66. The molecule has 10 heteroatoms. The molecular formula is C14H8BrF4N3O2. The van der Waals surface area contributed by atoms with Crippen molar-refractivity contribution in [2.75, 3.05) is 0 Å². The summed E-state index contributed by atoms with van der Waals surface area (Å²) in [6.45, 7) is 0. The number of aromatic nitrogens is 2. The monoisotopic (exact) mass is 405 g/mol. The quantitative estimate of drug-likeness (QED) is 0.616. The van der Waals surface area contributed by atoms with E-state index in [0.29, 0.717) is 0 Å². The maximum absolute atomic E-state index is 14.2. The summed E-state index contributed by atoms with van der Waals surface area (Å²) in [6.07, 6.45) is -5.06. The zero-order chi connectivity index (χ0) is 18.2. The number of nitrogens with zero attached hydrogens (tertiary/aromatic N) is 2. The Labute approximate surface area is 140 Å². The number of hydrogen-bond acceptors (Lipinski definition) is 3. The fourth-order valence-electron chi connectivity index (χ4n) is 2.23. The van der Waals surface area contributed by atoms with Gasteiger partial charge in [-0.25, -0.2) is 9.18 Å². The molecule has 0 aliphatic rings. The third-order valence-electron chi connectivity index (χ3n) is 3.32. The molecule has 0 aliphatic carbocycles. The van der Waals surface area contributed by atoms with Gasteiger partial charge in [-0.2, -0.15) is 18.4 Å². The van der Waals surface area contributed by atoms with Crippen LogP contribution in [0, 0.1) is 17.1 Å². The largest absolute Gasteiger partial charge is 0.432 e. The van der Waals surface area contributed by atoms with Crippen LogP contribution in [0.3, 0.4) is 0 Å². The molecule has 1 aromatic heterocycles. The van der Waals surface area contributed by atoms with Crippen LogP contribution in [0.4, 0.5) is 17.6 Å². The van der Waals surface area contributed by atoms with Crippen molar-refractivity contribution in [3.63, 3.8) is 0 Å². The minimum Gasteiger partial charge on any atom is -0.292 e. The van der Waals surface area contributed by atoms with Gasteiger partial charge in [0.15, 0.2) is 0 Å². The zero-order valence-corrected chi connectivity index (χ0v) is 13.5. The number of hydrogen-bond donors (Lipinski definition) is 1. The molecule has 1 heterocycles. The fourth-order valence-corrected chi connectivity index (χ4v) is 2.69. The highest BCUT2D eigenvalue weighted by Crippen LogP contribution is 2.36. The Morgan fingerprint density at radius 1 is 1.33 bits per heavy atom. The van der Waals surface area contributed by atoms with Crippen molar-refractivity contribution in [2.45, 2.75) is 11.5 Å². The fraction of sp³-hybridized carbons (Fsp3) is 0.214. The second-order valence-electron chi connectivity index (χ2n) is 4.77. The van der Waals surface area contributed by atoms with E-state index in [4.69, 9.17) is 5.26 Å². The van der Waals surface area contributed by atoms with Gasteiger partial charge in [0.1, 0.15) is 11.5 Å². The first-order valence-electron chi connectivity index (χ1n) is 6.31. The molecular weight excluding hydrogens is 398 g/mol. The predicted octanol–water partition coefficient (Wildman–Crippen LogP) is 2.67. The van der Waals surface area contributed by atoms with E-state index in [9.17, 15) is 27.2 Å². The molecule has 0 unspecified atom stereocenters. The summed E-state index contributed by atoms with van der Waals surface area (Å²) in [4.78, 5) is 25.1. The molecule has 2 rings (SSSR count). The van der Waals surface area contributed by atoms with Gasteiger partial charge in [-0.15, -0.1) is 0 Å². The Hall–Kier alpha value is -2.41. The summed E-state index contributed by atoms with van der Waals surface area (Å²) in [5.41, 5.74) is -5.75. The molecule has 0 fully saturated rings. The molecule has 0 bridgehead atoms. The van der Waals surface area contributed by atoms with Gasteiger partial charge in [0.2, 0.25) is 0 Å². The lowest BCUT2D eigenvalue weighted by Gasteiger charge is -2.16. The van der Waals surface area contributed by atoms with Crippen molar-refractivity contribution in [1.29, 1.82) is 5.26 Å². The maximum Gasteiger partial charge on any atom is 0.432 e. The second-order valence-corrected chi connectivity index (χ2v) is 5.34. The summed E-state index contributed by atoms with van der Waals surface area (Å²) < 4.78 is 54.4. The van der Waals surface area contributed by atoms with E-state index in [1.165, 1.54) is 0 Å². The number of benzene rings is 1. The SMILES string of the molecule is Cn1c(C(F)(F)F)c(-c2cc(CBr)c(C#N)cc2F)c(=O)[nH]c1=O. The molecule has 0 aliphatic heterocycles. The van der Waals surface area contributed by atoms with Crippen molar-refractivity contribution in [1.82, 2.24) is 9.55 Å². The van der Waals surface area contributed by atoms with Gasteiger partial charge in [0.05, 0.1) is 17.2 Å². The summed E-state index contributed by atoms with van der Waals surface area (Å²) in [5.74, 6) is -1.18. The van der Waals surface area contributed by atoms with E-state index in [1.807, 2.05) is 0 Å². The molecule has 126 valence electrons. The molecule has 0 atom stereocenters. The zero-order valence-electron chi connectivity index (χ0n) is 12.0. The molecule has 2 aromatic rings. The van der Waals surface area contributed by atoms with Crippen LogP contribution in [-0.4, -0.2) is 9.55 Å². The van der Waals surface area contributed by atoms with E-state index < -0.39 is 40.1 Å². The molecule has 0 saturated carbocycles. The highest BCUT2D eigenvalue weighted by molar-refractivity contribution is 9.08. The van der Waals surface area contributed by atoms with E-state index in [-0.39, 0.29) is 21.0 Å². The first-order chi connectivity index (χ1) is 11.1. The summed E-state index contributed by atoms with van der Waals surface area (Å²) >= 11 is 3.05. The highest BCUT2D eigenvalue weighted by Gasteiger charge is 2.39. The first-order valence-corrected chi connectivity index (χ1v) is 7.43. The molecule has 0 saturated heterocycles. The first kappa shape index (κ1) is 17.9. The van der Waals surface area contributed by atoms with E-state index >= 15 is 0 Å². The molecule has 0 amide bonds. The van der Waals surface area contributed by atoms with Gasteiger partial charge in [-0.3, -0.25) is 14.3 Å². The van der Waals surface area contributed by atoms with E-state index in [2.05, 4.69) is 15.9 Å². The van der Waals surface area contributed by atoms with Crippen molar-refractivity contribution in [3.05, 3.63) is 55.6 Å². The number of rotatable bonds is 2. The standard InChI is InChI=1S/C14H8BrF4N3O2/c1-22-11(14(17,18)19)10(12(23)21-13(22)24)8-2-6(4-15)7(5-20)3-9(8)16/h2-3H,4H2,1H3,(H,21,23,24). The van der Waals surface area contributed by atoms with Gasteiger partial charge in [0.25, 0.3) is 5.56 Å². The molecule has 1 aromatic carbocycles. The van der Waals surface area contributed by atoms with Gasteiger partial charge >= 0.3 is 11.9 Å². The van der Waals surface area contributed by atoms with Gasteiger partial charge in [0, 0.05) is 17.9 Å². The normalized spacial score (nSPS) is 11.4. The predicted molar refractivity (Wildman–Crippen MR) is 80.0 cm³/mol. The Bertz CT molecular complexity index is 970. The van der Waals surface area contributed by atoms with Crippen LogP contribution in [-0.2, 0) is 18.6 Å². The molecule has 24 heavy (non-hydrogen) atoms. The highest BCUT2D eigenvalue weighted by atomic mass is 79.9. The minimum atomic E-state index is -5.06. The van der Waals surface area contributed by atoms with Crippen LogP contribution >= 0.6 is 15.9 Å². The lowest BCUT2D eigenvalue weighted by molar-refractivity contribution is -0.143. The molecule has 5 nitrogen and oxygen atoms in total. The van der Waals surface area contributed by atoms with Crippen LogP contribution in [0.25, 0.3) is 11.1 Å². The van der Waals surface area contributed by atoms with Crippen LogP contribution in [0.2, 0.25) is 0 Å². The van der Waals surface area contributed by atoms with Crippen LogP contribution in [0.5, 0.6) is 0 Å². The summed E-state index contributed by atoms with van der Waals surface area (Å²) in [5, 5.41) is 8.99.